The molecule has 1 N–H and O–H groups in total. The maximum Gasteiger partial charge on any atom is 0.0894 e. The molecule has 96 valence electrons. The number of nitrogens with one attached hydrogen (secondary N) is 1. The highest BCUT2D eigenvalue weighted by Gasteiger charge is 2.06. The molecule has 0 aliphatic heterocycles. The van der Waals surface area contributed by atoms with Crippen LogP contribution >= 0.6 is 11.6 Å². The summed E-state index contributed by atoms with van der Waals surface area (Å²) < 4.78 is 5.01. The van der Waals surface area contributed by atoms with Crippen molar-refractivity contribution < 1.29 is 4.74 Å². The van der Waals surface area contributed by atoms with E-state index in [2.05, 4.69) is 22.4 Å². The van der Waals surface area contributed by atoms with E-state index >= 15 is 0 Å². The van der Waals surface area contributed by atoms with E-state index in [-0.39, 0.29) is 0 Å². The molecule has 0 saturated heterocycles. The van der Waals surface area contributed by atoms with Crippen molar-refractivity contribution in [3.63, 3.8) is 0 Å². The number of benzene rings is 1. The van der Waals surface area contributed by atoms with Crippen molar-refractivity contribution >= 4 is 22.5 Å². The van der Waals surface area contributed by atoms with Crippen LogP contribution < -0.4 is 5.32 Å². The van der Waals surface area contributed by atoms with E-state index in [0.29, 0.717) is 11.6 Å². The Kier molecular flexibility index (Phi) is 4.53. The van der Waals surface area contributed by atoms with Crippen molar-refractivity contribution in [1.82, 2.24) is 10.3 Å². The number of pyridine rings is 1. The lowest BCUT2D eigenvalue weighted by Crippen LogP contribution is -2.18. The van der Waals surface area contributed by atoms with E-state index in [1.54, 1.807) is 7.11 Å². The fourth-order valence-electron chi connectivity index (χ4n) is 1.97. The molecule has 1 aromatic heterocycles. The molecule has 0 amide bonds. The molecule has 0 bridgehead atoms. The van der Waals surface area contributed by atoms with Crippen LogP contribution in [0.5, 0.6) is 0 Å². The molecule has 1 aromatic carbocycles. The van der Waals surface area contributed by atoms with Crippen LogP contribution in [0, 0.1) is 6.92 Å². The van der Waals surface area contributed by atoms with Gasteiger partial charge < -0.3 is 10.1 Å². The number of halogens is 1. The van der Waals surface area contributed by atoms with Crippen LogP contribution in [-0.4, -0.2) is 25.2 Å². The van der Waals surface area contributed by atoms with Gasteiger partial charge in [-0.1, -0.05) is 23.7 Å². The van der Waals surface area contributed by atoms with Crippen LogP contribution in [0.15, 0.2) is 24.3 Å². The molecule has 2 rings (SSSR count). The summed E-state index contributed by atoms with van der Waals surface area (Å²) in [4.78, 5) is 4.50. The molecule has 1 heterocycles. The molecule has 0 fully saturated rings. The van der Waals surface area contributed by atoms with Crippen LogP contribution in [0.25, 0.3) is 10.9 Å². The summed E-state index contributed by atoms with van der Waals surface area (Å²) in [6.07, 6.45) is 0. The van der Waals surface area contributed by atoms with Gasteiger partial charge in [-0.2, -0.15) is 0 Å². The quantitative estimate of drug-likeness (QED) is 0.843. The van der Waals surface area contributed by atoms with Crippen LogP contribution in [0.3, 0.4) is 0 Å². The molecular weight excluding hydrogens is 248 g/mol. The Hall–Kier alpha value is -1.16. The van der Waals surface area contributed by atoms with Gasteiger partial charge in [0, 0.05) is 31.3 Å². The van der Waals surface area contributed by atoms with Crippen LogP contribution in [-0.2, 0) is 11.3 Å². The van der Waals surface area contributed by atoms with E-state index < -0.39 is 0 Å². The van der Waals surface area contributed by atoms with Gasteiger partial charge in [0.25, 0.3) is 0 Å². The molecule has 0 aliphatic carbocycles. The van der Waals surface area contributed by atoms with Crippen molar-refractivity contribution in [3.8, 4) is 0 Å². The number of hydrogen-bond donors (Lipinski definition) is 1. The Morgan fingerprint density at radius 1 is 1.39 bits per heavy atom. The smallest absolute Gasteiger partial charge is 0.0894 e. The molecule has 4 heteroatoms. The number of para-hydroxylation sites is 1. The molecule has 0 unspecified atom stereocenters. The van der Waals surface area contributed by atoms with Gasteiger partial charge in [0.15, 0.2) is 0 Å². The zero-order chi connectivity index (χ0) is 13.0. The van der Waals surface area contributed by atoms with Gasteiger partial charge >= 0.3 is 0 Å². The summed E-state index contributed by atoms with van der Waals surface area (Å²) in [5.74, 6) is 0. The third-order valence-electron chi connectivity index (χ3n) is 2.80. The van der Waals surface area contributed by atoms with E-state index in [9.17, 15) is 0 Å². The first-order valence-corrected chi connectivity index (χ1v) is 6.34. The second-order valence-corrected chi connectivity index (χ2v) is 4.64. The minimum Gasteiger partial charge on any atom is -0.383 e. The van der Waals surface area contributed by atoms with Crippen LogP contribution in [0.4, 0.5) is 0 Å². The normalized spacial score (nSPS) is 11.1. The molecule has 0 aliphatic rings. The number of fused-ring (bicyclic) bond motifs is 1. The Bertz CT molecular complexity index is 543. The second kappa shape index (κ2) is 6.14. The predicted octanol–water partition coefficient (Wildman–Crippen LogP) is 2.93. The number of nitrogens with zero attached hydrogens (tertiary/aromatic N) is 1. The first-order chi connectivity index (χ1) is 8.72. The van der Waals surface area contributed by atoms with E-state index in [1.165, 1.54) is 5.56 Å². The minimum atomic E-state index is 0.703. The van der Waals surface area contributed by atoms with Crippen LogP contribution in [0.1, 0.15) is 11.3 Å². The Balaban J connectivity index is 2.29. The fourth-order valence-corrected chi connectivity index (χ4v) is 2.19. The van der Waals surface area contributed by atoms with E-state index in [1.807, 2.05) is 19.1 Å². The Morgan fingerprint density at radius 2 is 2.22 bits per heavy atom. The number of rotatable bonds is 5. The highest BCUT2D eigenvalue weighted by atomic mass is 35.5. The lowest BCUT2D eigenvalue weighted by molar-refractivity contribution is 0.199. The minimum absolute atomic E-state index is 0.703. The predicted molar refractivity (Wildman–Crippen MR) is 75.1 cm³/mol. The van der Waals surface area contributed by atoms with Gasteiger partial charge in [0.05, 0.1) is 17.1 Å². The van der Waals surface area contributed by atoms with Gasteiger partial charge in [0.1, 0.15) is 0 Å². The summed E-state index contributed by atoms with van der Waals surface area (Å²) in [5.41, 5.74) is 3.08. The summed E-state index contributed by atoms with van der Waals surface area (Å²) in [6.45, 7) is 4.33. The highest BCUT2D eigenvalue weighted by molar-refractivity contribution is 6.35. The number of hydrogen-bond acceptors (Lipinski definition) is 3. The number of aryl methyl sites for hydroxylation is 1. The fraction of sp³-hybridized carbons (Fsp3) is 0.357. The first-order valence-electron chi connectivity index (χ1n) is 5.97. The molecular formula is C14H17ClN2O. The first kappa shape index (κ1) is 13.3. The summed E-state index contributed by atoms with van der Waals surface area (Å²) >= 11 is 6.18. The monoisotopic (exact) mass is 264 g/mol. The molecule has 3 nitrogen and oxygen atoms in total. The second-order valence-electron chi connectivity index (χ2n) is 4.23. The average Bonchev–Trinajstić information content (AvgIpc) is 2.36. The van der Waals surface area contributed by atoms with Crippen molar-refractivity contribution in [3.05, 3.63) is 40.5 Å². The third-order valence-corrected chi connectivity index (χ3v) is 3.11. The molecule has 0 spiro atoms. The molecule has 2 aromatic rings. The summed E-state index contributed by atoms with van der Waals surface area (Å²) in [5, 5.41) is 5.16. The molecule has 18 heavy (non-hydrogen) atoms. The van der Waals surface area contributed by atoms with Gasteiger partial charge in [-0.15, -0.1) is 0 Å². The van der Waals surface area contributed by atoms with Gasteiger partial charge in [-0.3, -0.25) is 4.98 Å². The number of aromatic nitrogens is 1. The zero-order valence-electron chi connectivity index (χ0n) is 10.7. The van der Waals surface area contributed by atoms with Crippen molar-refractivity contribution in [1.29, 1.82) is 0 Å². The Labute approximate surface area is 112 Å². The maximum absolute atomic E-state index is 6.18. The molecule has 0 radical (unpaired) electrons. The standard InChI is InChI=1S/C14H17ClN2O/c1-10-8-11(9-16-6-7-18-2)12-4-3-5-13(15)14(12)17-10/h3-5,8,16H,6-7,9H2,1-2H3. The number of ether oxygens (including phenoxy) is 1. The maximum atomic E-state index is 6.18. The lowest BCUT2D eigenvalue weighted by Gasteiger charge is -2.10. The number of methoxy groups -OCH3 is 1. The zero-order valence-corrected chi connectivity index (χ0v) is 11.4. The van der Waals surface area contributed by atoms with Crippen molar-refractivity contribution in [2.75, 3.05) is 20.3 Å². The van der Waals surface area contributed by atoms with Crippen LogP contribution in [0.2, 0.25) is 5.02 Å². The lowest BCUT2D eigenvalue weighted by atomic mass is 10.1. The van der Waals surface area contributed by atoms with Crippen molar-refractivity contribution in [2.24, 2.45) is 0 Å². The average molecular weight is 265 g/mol. The van der Waals surface area contributed by atoms with Gasteiger partial charge in [-0.25, -0.2) is 0 Å². The third kappa shape index (κ3) is 2.99. The van der Waals surface area contributed by atoms with Gasteiger partial charge in [0.2, 0.25) is 0 Å². The molecule has 0 saturated carbocycles. The largest absolute Gasteiger partial charge is 0.383 e. The SMILES string of the molecule is COCCNCc1cc(C)nc2c(Cl)cccc12. The topological polar surface area (TPSA) is 34.1 Å². The molecule has 0 atom stereocenters. The van der Waals surface area contributed by atoms with E-state index in [4.69, 9.17) is 16.3 Å². The highest BCUT2D eigenvalue weighted by Crippen LogP contribution is 2.24. The summed E-state index contributed by atoms with van der Waals surface area (Å²) in [6, 6.07) is 7.98. The van der Waals surface area contributed by atoms with Gasteiger partial charge in [-0.05, 0) is 24.6 Å². The summed E-state index contributed by atoms with van der Waals surface area (Å²) in [7, 11) is 1.70. The van der Waals surface area contributed by atoms with Crippen molar-refractivity contribution in [2.45, 2.75) is 13.5 Å². The van der Waals surface area contributed by atoms with E-state index in [0.717, 1.165) is 29.7 Å². The Morgan fingerprint density at radius 3 is 3.00 bits per heavy atom.